The number of aryl methyl sites for hydroxylation is 1. The molecule has 0 aliphatic carbocycles. The fourth-order valence-corrected chi connectivity index (χ4v) is 3.21. The van der Waals surface area contributed by atoms with Gasteiger partial charge in [-0.05, 0) is 55.5 Å². The number of anilines is 1. The molecule has 10 nitrogen and oxygen atoms in total. The zero-order valence-electron chi connectivity index (χ0n) is 20.3. The highest BCUT2D eigenvalue weighted by Gasteiger charge is 2.41. The van der Waals surface area contributed by atoms with E-state index in [1.165, 1.54) is 50.6 Å². The van der Waals surface area contributed by atoms with Crippen LogP contribution >= 0.6 is 0 Å². The molecule has 192 valence electrons. The number of carbonyl (C=O) groups is 4. The molecule has 3 aromatic carbocycles. The standard InChI is InChI=1S/C27H25NO9/c1-16-10-12-19(13-11-16)28-24(29)22(36-26(32)17-6-4-8-20(14-17)34-2)23(25(30)31)37-27(33)18-7-5-9-21(15-18)35-3/h4-15,22-23H,1-3H3,(H,28,29)(H,30,31)/t22-,23+/m0/s1. The zero-order chi connectivity index (χ0) is 26.9. The molecule has 0 unspecified atom stereocenters. The lowest BCUT2D eigenvalue weighted by atomic mass is 10.1. The molecule has 0 heterocycles. The van der Waals surface area contributed by atoms with Gasteiger partial charge in [0, 0.05) is 5.69 Å². The first-order chi connectivity index (χ1) is 17.7. The normalized spacial score (nSPS) is 12.0. The van der Waals surface area contributed by atoms with Crippen molar-refractivity contribution in [3.63, 3.8) is 0 Å². The van der Waals surface area contributed by atoms with E-state index < -0.39 is 36.0 Å². The Balaban J connectivity index is 1.92. The Morgan fingerprint density at radius 2 is 1.22 bits per heavy atom. The van der Waals surface area contributed by atoms with Crippen LogP contribution in [0.5, 0.6) is 11.5 Å². The zero-order valence-corrected chi connectivity index (χ0v) is 20.3. The number of carbonyl (C=O) groups excluding carboxylic acids is 3. The number of rotatable bonds is 10. The summed E-state index contributed by atoms with van der Waals surface area (Å²) in [5.41, 5.74) is 1.22. The molecule has 0 fully saturated rings. The van der Waals surface area contributed by atoms with Crippen LogP contribution in [0.3, 0.4) is 0 Å². The number of hydrogen-bond acceptors (Lipinski definition) is 8. The first-order valence-electron chi connectivity index (χ1n) is 11.0. The number of carboxylic acid groups (broad SMARTS) is 1. The Morgan fingerprint density at radius 3 is 1.68 bits per heavy atom. The summed E-state index contributed by atoms with van der Waals surface area (Å²) in [6, 6.07) is 18.3. The third kappa shape index (κ3) is 7.07. The van der Waals surface area contributed by atoms with Gasteiger partial charge in [0.05, 0.1) is 25.3 Å². The molecule has 0 radical (unpaired) electrons. The van der Waals surface area contributed by atoms with Crippen molar-refractivity contribution in [1.29, 1.82) is 0 Å². The molecule has 0 bridgehead atoms. The van der Waals surface area contributed by atoms with Gasteiger partial charge >= 0.3 is 17.9 Å². The highest BCUT2D eigenvalue weighted by atomic mass is 16.6. The van der Waals surface area contributed by atoms with Crippen molar-refractivity contribution in [2.24, 2.45) is 0 Å². The second kappa shape index (κ2) is 12.2. The fourth-order valence-electron chi connectivity index (χ4n) is 3.21. The van der Waals surface area contributed by atoms with Crippen LogP contribution in [0, 0.1) is 6.92 Å². The number of aliphatic carboxylic acids is 1. The summed E-state index contributed by atoms with van der Waals surface area (Å²) < 4.78 is 20.6. The molecule has 0 saturated carbocycles. The van der Waals surface area contributed by atoms with E-state index in [1.54, 1.807) is 36.4 Å². The Hall–Kier alpha value is -4.86. The third-order valence-corrected chi connectivity index (χ3v) is 5.17. The van der Waals surface area contributed by atoms with Crippen LogP contribution < -0.4 is 14.8 Å². The Labute approximate surface area is 212 Å². The maximum absolute atomic E-state index is 13.2. The van der Waals surface area contributed by atoms with Crippen molar-refractivity contribution in [3.05, 3.63) is 89.5 Å². The van der Waals surface area contributed by atoms with Crippen molar-refractivity contribution < 1.29 is 43.2 Å². The first kappa shape index (κ1) is 26.7. The van der Waals surface area contributed by atoms with Crippen molar-refractivity contribution in [3.8, 4) is 11.5 Å². The van der Waals surface area contributed by atoms with Crippen LogP contribution in [0.2, 0.25) is 0 Å². The van der Waals surface area contributed by atoms with Crippen molar-refractivity contribution in [2.75, 3.05) is 19.5 Å². The Bertz CT molecular complexity index is 1290. The lowest BCUT2D eigenvalue weighted by Crippen LogP contribution is -2.48. The summed E-state index contributed by atoms with van der Waals surface area (Å²) in [4.78, 5) is 51.0. The molecule has 3 rings (SSSR count). The van der Waals surface area contributed by atoms with Crippen LogP contribution in [0.25, 0.3) is 0 Å². The van der Waals surface area contributed by atoms with Gasteiger partial charge in [-0.2, -0.15) is 0 Å². The van der Waals surface area contributed by atoms with E-state index in [1.807, 2.05) is 6.92 Å². The van der Waals surface area contributed by atoms with E-state index >= 15 is 0 Å². The number of esters is 2. The number of carboxylic acids is 1. The maximum Gasteiger partial charge on any atom is 0.349 e. The van der Waals surface area contributed by atoms with E-state index in [-0.39, 0.29) is 11.1 Å². The van der Waals surface area contributed by atoms with Gasteiger partial charge in [-0.1, -0.05) is 29.8 Å². The molecule has 10 heteroatoms. The topological polar surface area (TPSA) is 137 Å². The number of nitrogens with one attached hydrogen (secondary N) is 1. The minimum absolute atomic E-state index is 0.00394. The van der Waals surface area contributed by atoms with Gasteiger partial charge < -0.3 is 29.4 Å². The maximum atomic E-state index is 13.2. The minimum atomic E-state index is -2.17. The lowest BCUT2D eigenvalue weighted by molar-refractivity contribution is -0.157. The first-order valence-corrected chi connectivity index (χ1v) is 11.0. The molecule has 0 aromatic heterocycles. The second-order valence-electron chi connectivity index (χ2n) is 7.81. The number of benzene rings is 3. The number of methoxy groups -OCH3 is 2. The van der Waals surface area contributed by atoms with E-state index in [0.29, 0.717) is 17.2 Å². The summed E-state index contributed by atoms with van der Waals surface area (Å²) in [6.07, 6.45) is -4.20. The largest absolute Gasteiger partial charge is 0.497 e. The number of hydrogen-bond donors (Lipinski definition) is 2. The van der Waals surface area contributed by atoms with Gasteiger partial charge in [0.1, 0.15) is 11.5 Å². The minimum Gasteiger partial charge on any atom is -0.497 e. The van der Waals surface area contributed by atoms with Crippen molar-refractivity contribution in [2.45, 2.75) is 19.1 Å². The highest BCUT2D eigenvalue weighted by Crippen LogP contribution is 2.20. The summed E-state index contributed by atoms with van der Waals surface area (Å²) in [6.45, 7) is 1.85. The Morgan fingerprint density at radius 1 is 0.730 bits per heavy atom. The van der Waals surface area contributed by atoms with Crippen molar-refractivity contribution in [1.82, 2.24) is 0 Å². The molecular weight excluding hydrogens is 482 g/mol. The van der Waals surface area contributed by atoms with E-state index in [0.717, 1.165) is 5.56 Å². The molecule has 0 saturated heterocycles. The molecule has 2 atom stereocenters. The summed E-state index contributed by atoms with van der Waals surface area (Å²) in [7, 11) is 2.80. The molecule has 2 N–H and O–H groups in total. The summed E-state index contributed by atoms with van der Waals surface area (Å²) in [5.74, 6) is -4.11. The molecular formula is C27H25NO9. The average Bonchev–Trinajstić information content (AvgIpc) is 2.91. The molecule has 0 spiro atoms. The van der Waals surface area contributed by atoms with Gasteiger partial charge in [0.25, 0.3) is 5.91 Å². The van der Waals surface area contributed by atoms with Gasteiger partial charge in [-0.25, -0.2) is 14.4 Å². The lowest BCUT2D eigenvalue weighted by Gasteiger charge is -2.23. The van der Waals surface area contributed by atoms with Crippen LogP contribution in [0.1, 0.15) is 26.3 Å². The Kier molecular flexibility index (Phi) is 8.82. The smallest absolute Gasteiger partial charge is 0.349 e. The van der Waals surface area contributed by atoms with Crippen LogP contribution in [-0.2, 0) is 19.1 Å². The molecule has 1 amide bonds. The van der Waals surface area contributed by atoms with Crippen LogP contribution in [0.15, 0.2) is 72.8 Å². The van der Waals surface area contributed by atoms with Crippen LogP contribution in [-0.4, -0.2) is 55.3 Å². The predicted octanol–water partition coefficient (Wildman–Crippen LogP) is 3.49. The molecule has 0 aliphatic rings. The SMILES string of the molecule is COc1cccc(C(=O)O[C@H](C(=O)Nc2ccc(C)cc2)[C@@H](OC(=O)c2cccc(OC)c2)C(=O)O)c1. The quantitative estimate of drug-likeness (QED) is 0.395. The van der Waals surface area contributed by atoms with E-state index in [2.05, 4.69) is 5.32 Å². The van der Waals surface area contributed by atoms with Crippen LogP contribution in [0.4, 0.5) is 5.69 Å². The molecule has 0 aliphatic heterocycles. The van der Waals surface area contributed by atoms with Gasteiger partial charge in [-0.15, -0.1) is 0 Å². The third-order valence-electron chi connectivity index (χ3n) is 5.17. The van der Waals surface area contributed by atoms with Crippen molar-refractivity contribution >= 4 is 29.5 Å². The second-order valence-corrected chi connectivity index (χ2v) is 7.81. The molecule has 37 heavy (non-hydrogen) atoms. The number of amides is 1. The summed E-state index contributed by atoms with van der Waals surface area (Å²) in [5, 5.41) is 12.4. The average molecular weight is 507 g/mol. The fraction of sp³-hybridized carbons (Fsp3) is 0.185. The molecule has 3 aromatic rings. The predicted molar refractivity (Wildman–Crippen MR) is 132 cm³/mol. The monoisotopic (exact) mass is 507 g/mol. The number of ether oxygens (including phenoxy) is 4. The van der Waals surface area contributed by atoms with Gasteiger partial charge in [0.2, 0.25) is 12.2 Å². The van der Waals surface area contributed by atoms with Gasteiger partial charge in [-0.3, -0.25) is 4.79 Å². The highest BCUT2D eigenvalue weighted by molar-refractivity contribution is 6.01. The van der Waals surface area contributed by atoms with Gasteiger partial charge in [0.15, 0.2) is 0 Å². The van der Waals surface area contributed by atoms with E-state index in [4.69, 9.17) is 18.9 Å². The van der Waals surface area contributed by atoms with E-state index in [9.17, 15) is 24.3 Å². The summed E-state index contributed by atoms with van der Waals surface area (Å²) >= 11 is 0.